The number of methoxy groups -OCH3 is 1. The van der Waals surface area contributed by atoms with Crippen molar-refractivity contribution >= 4 is 23.5 Å². The van der Waals surface area contributed by atoms with Crippen molar-refractivity contribution in [2.45, 2.75) is 18.9 Å². The van der Waals surface area contributed by atoms with Crippen LogP contribution in [0.25, 0.3) is 0 Å². The van der Waals surface area contributed by atoms with Gasteiger partial charge in [-0.15, -0.1) is 0 Å². The highest BCUT2D eigenvalue weighted by Crippen LogP contribution is 2.14. The molecule has 0 aromatic heterocycles. The predicted molar refractivity (Wildman–Crippen MR) is 83.3 cm³/mol. The normalized spacial score (nSPS) is 18.1. The zero-order chi connectivity index (χ0) is 14.2. The summed E-state index contributed by atoms with van der Waals surface area (Å²) in [7, 11) is 1.63. The van der Waals surface area contributed by atoms with Crippen molar-refractivity contribution in [2.24, 2.45) is 5.10 Å². The highest BCUT2D eigenvalue weighted by atomic mass is 32.1. The minimum absolute atomic E-state index is 0.257. The molecule has 1 heterocycles. The molecule has 1 fully saturated rings. The second-order valence-electron chi connectivity index (χ2n) is 4.46. The number of nitrogens with one attached hydrogen (secondary N) is 2. The van der Waals surface area contributed by atoms with Crippen molar-refractivity contribution in [3.05, 3.63) is 29.8 Å². The van der Waals surface area contributed by atoms with Crippen LogP contribution in [-0.2, 0) is 4.74 Å². The van der Waals surface area contributed by atoms with E-state index in [-0.39, 0.29) is 6.10 Å². The van der Waals surface area contributed by atoms with Gasteiger partial charge in [0.25, 0.3) is 0 Å². The molecule has 2 N–H and O–H groups in total. The fourth-order valence-corrected chi connectivity index (χ4v) is 2.12. The van der Waals surface area contributed by atoms with Gasteiger partial charge in [0, 0.05) is 18.7 Å². The Balaban J connectivity index is 1.75. The van der Waals surface area contributed by atoms with E-state index in [9.17, 15) is 0 Å². The van der Waals surface area contributed by atoms with E-state index in [0.717, 1.165) is 37.3 Å². The van der Waals surface area contributed by atoms with Crippen molar-refractivity contribution in [1.29, 1.82) is 0 Å². The summed E-state index contributed by atoms with van der Waals surface area (Å²) < 4.78 is 10.7. The van der Waals surface area contributed by atoms with E-state index in [1.807, 2.05) is 24.3 Å². The van der Waals surface area contributed by atoms with Gasteiger partial charge in [0.2, 0.25) is 0 Å². The molecule has 5 nitrogen and oxygen atoms in total. The monoisotopic (exact) mass is 293 g/mol. The number of nitrogens with zero attached hydrogens (tertiary/aromatic N) is 1. The van der Waals surface area contributed by atoms with Gasteiger partial charge in [-0.1, -0.05) is 12.1 Å². The van der Waals surface area contributed by atoms with Crippen LogP contribution in [0.4, 0.5) is 0 Å². The number of hydrogen-bond acceptors (Lipinski definition) is 4. The molecular weight excluding hydrogens is 274 g/mol. The smallest absolute Gasteiger partial charge is 0.187 e. The summed E-state index contributed by atoms with van der Waals surface area (Å²) >= 11 is 5.14. The van der Waals surface area contributed by atoms with Crippen LogP contribution in [0.1, 0.15) is 18.4 Å². The molecule has 0 bridgehead atoms. The van der Waals surface area contributed by atoms with Crippen LogP contribution in [0.3, 0.4) is 0 Å². The Kier molecular flexibility index (Phi) is 5.76. The summed E-state index contributed by atoms with van der Waals surface area (Å²) in [5.41, 5.74) is 3.68. The molecule has 0 radical (unpaired) electrons. The molecule has 20 heavy (non-hydrogen) atoms. The molecule has 1 unspecified atom stereocenters. The zero-order valence-electron chi connectivity index (χ0n) is 11.5. The molecule has 0 saturated carbocycles. The van der Waals surface area contributed by atoms with Gasteiger partial charge in [0.05, 0.1) is 19.4 Å². The quantitative estimate of drug-likeness (QED) is 0.491. The molecule has 1 atom stereocenters. The largest absolute Gasteiger partial charge is 0.496 e. The summed E-state index contributed by atoms with van der Waals surface area (Å²) in [5, 5.41) is 7.68. The molecule has 108 valence electrons. The molecule has 0 spiro atoms. The lowest BCUT2D eigenvalue weighted by Gasteiger charge is -2.11. The molecule has 0 aliphatic carbocycles. The van der Waals surface area contributed by atoms with E-state index in [1.165, 1.54) is 0 Å². The summed E-state index contributed by atoms with van der Waals surface area (Å²) in [4.78, 5) is 0. The summed E-state index contributed by atoms with van der Waals surface area (Å²) in [6.07, 6.45) is 4.14. The minimum atomic E-state index is 0.257. The van der Waals surface area contributed by atoms with Gasteiger partial charge in [-0.25, -0.2) is 0 Å². The van der Waals surface area contributed by atoms with E-state index in [0.29, 0.717) is 5.11 Å². The maximum Gasteiger partial charge on any atom is 0.187 e. The zero-order valence-corrected chi connectivity index (χ0v) is 12.3. The van der Waals surface area contributed by atoms with Crippen LogP contribution < -0.4 is 15.5 Å². The predicted octanol–water partition coefficient (Wildman–Crippen LogP) is 1.67. The van der Waals surface area contributed by atoms with Crippen molar-refractivity contribution in [3.8, 4) is 5.75 Å². The van der Waals surface area contributed by atoms with E-state index in [1.54, 1.807) is 13.3 Å². The number of benzene rings is 1. The lowest BCUT2D eigenvalue weighted by molar-refractivity contribution is 0.114. The molecule has 6 heteroatoms. The summed E-state index contributed by atoms with van der Waals surface area (Å²) in [6, 6.07) is 7.65. The van der Waals surface area contributed by atoms with Gasteiger partial charge < -0.3 is 14.8 Å². The highest BCUT2D eigenvalue weighted by molar-refractivity contribution is 7.80. The average molecular weight is 293 g/mol. The highest BCUT2D eigenvalue weighted by Gasteiger charge is 2.14. The second kappa shape index (κ2) is 7.81. The van der Waals surface area contributed by atoms with Crippen molar-refractivity contribution in [2.75, 3.05) is 20.3 Å². The third kappa shape index (κ3) is 4.47. The van der Waals surface area contributed by atoms with E-state index in [4.69, 9.17) is 21.7 Å². The third-order valence-electron chi connectivity index (χ3n) is 3.02. The molecular formula is C14H19N3O2S. The Labute approximate surface area is 124 Å². The standard InChI is InChI=1S/C14H19N3O2S/c1-18-13-7-3-2-5-11(13)9-16-17-14(20)15-10-12-6-4-8-19-12/h2-3,5,7,9,12H,4,6,8,10H2,1H3,(H2,15,17,20). The average Bonchev–Trinajstić information content (AvgIpc) is 2.99. The van der Waals surface area contributed by atoms with E-state index < -0.39 is 0 Å². The lowest BCUT2D eigenvalue weighted by Crippen LogP contribution is -2.37. The van der Waals surface area contributed by atoms with Crippen molar-refractivity contribution < 1.29 is 9.47 Å². The molecule has 1 aromatic carbocycles. The molecule has 2 rings (SSSR count). The van der Waals surface area contributed by atoms with Gasteiger partial charge >= 0.3 is 0 Å². The van der Waals surface area contributed by atoms with Crippen molar-refractivity contribution in [1.82, 2.24) is 10.7 Å². The first-order valence-corrected chi connectivity index (χ1v) is 7.02. The first kappa shape index (κ1) is 14.7. The van der Waals surface area contributed by atoms with Gasteiger partial charge in [0.1, 0.15) is 5.75 Å². The van der Waals surface area contributed by atoms with Crippen LogP contribution in [-0.4, -0.2) is 37.7 Å². The Hall–Kier alpha value is -1.66. The Morgan fingerprint density at radius 3 is 3.15 bits per heavy atom. The van der Waals surface area contributed by atoms with Gasteiger partial charge in [-0.3, -0.25) is 5.43 Å². The Morgan fingerprint density at radius 1 is 1.55 bits per heavy atom. The summed E-state index contributed by atoms with van der Waals surface area (Å²) in [6.45, 7) is 1.56. The maximum atomic E-state index is 5.50. The Bertz CT molecular complexity index is 473. The first-order valence-electron chi connectivity index (χ1n) is 6.61. The number of hydrogen-bond donors (Lipinski definition) is 2. The van der Waals surface area contributed by atoms with Crippen LogP contribution in [0, 0.1) is 0 Å². The van der Waals surface area contributed by atoms with Crippen LogP contribution in [0.15, 0.2) is 29.4 Å². The fourth-order valence-electron chi connectivity index (χ4n) is 1.98. The van der Waals surface area contributed by atoms with Crippen molar-refractivity contribution in [3.63, 3.8) is 0 Å². The van der Waals surface area contributed by atoms with Crippen LogP contribution >= 0.6 is 12.2 Å². The molecule has 1 aliphatic rings. The van der Waals surface area contributed by atoms with E-state index in [2.05, 4.69) is 15.8 Å². The lowest BCUT2D eigenvalue weighted by atomic mass is 10.2. The number of thiocarbonyl (C=S) groups is 1. The van der Waals surface area contributed by atoms with Crippen LogP contribution in [0.2, 0.25) is 0 Å². The molecule has 0 amide bonds. The summed E-state index contributed by atoms with van der Waals surface area (Å²) in [5.74, 6) is 0.774. The van der Waals surface area contributed by atoms with Crippen LogP contribution in [0.5, 0.6) is 5.75 Å². The molecule has 1 saturated heterocycles. The number of ether oxygens (including phenoxy) is 2. The Morgan fingerprint density at radius 2 is 2.40 bits per heavy atom. The maximum absolute atomic E-state index is 5.50. The number of hydrazone groups is 1. The SMILES string of the molecule is COc1ccccc1C=NNC(=S)NCC1CCCO1. The topological polar surface area (TPSA) is 54.9 Å². The molecule has 1 aliphatic heterocycles. The first-order chi connectivity index (χ1) is 9.79. The molecule has 1 aromatic rings. The van der Waals surface area contributed by atoms with Gasteiger partial charge in [-0.2, -0.15) is 5.10 Å². The minimum Gasteiger partial charge on any atom is -0.496 e. The van der Waals surface area contributed by atoms with Gasteiger partial charge in [0.15, 0.2) is 5.11 Å². The fraction of sp³-hybridized carbons (Fsp3) is 0.429. The second-order valence-corrected chi connectivity index (χ2v) is 4.87. The number of rotatable bonds is 5. The van der Waals surface area contributed by atoms with E-state index >= 15 is 0 Å². The number of para-hydroxylation sites is 1. The van der Waals surface area contributed by atoms with Gasteiger partial charge in [-0.05, 0) is 37.2 Å². The third-order valence-corrected chi connectivity index (χ3v) is 3.26.